The maximum Gasteiger partial charge on any atom is 0.123 e. The van der Waals surface area contributed by atoms with Crippen molar-refractivity contribution in [2.75, 3.05) is 0 Å². The van der Waals surface area contributed by atoms with Crippen LogP contribution in [0.3, 0.4) is 0 Å². The lowest BCUT2D eigenvalue weighted by Gasteiger charge is -2.10. The molecule has 2 heterocycles. The first-order valence-electron chi connectivity index (χ1n) is 7.04. The monoisotopic (exact) mass is 290 g/mol. The van der Waals surface area contributed by atoms with Gasteiger partial charge in [0.25, 0.3) is 0 Å². The molecule has 1 radical (unpaired) electrons. The van der Waals surface area contributed by atoms with E-state index in [-0.39, 0.29) is 5.82 Å². The van der Waals surface area contributed by atoms with Crippen molar-refractivity contribution in [3.63, 3.8) is 0 Å². The van der Waals surface area contributed by atoms with Gasteiger partial charge in [-0.1, -0.05) is 6.07 Å². The van der Waals surface area contributed by atoms with Crippen molar-refractivity contribution in [1.82, 2.24) is 14.5 Å². The molecule has 0 saturated carbocycles. The second kappa shape index (κ2) is 5.15. The SMILES string of the molecule is Fc1ccc(-c2c[c]cn2Cc2ccc3[nH]cnc3c2)cc1. The molecule has 1 N–H and O–H groups in total. The van der Waals surface area contributed by atoms with E-state index >= 15 is 0 Å². The van der Waals surface area contributed by atoms with Crippen LogP contribution in [0.25, 0.3) is 22.3 Å². The summed E-state index contributed by atoms with van der Waals surface area (Å²) >= 11 is 0. The predicted molar refractivity (Wildman–Crippen MR) is 83.9 cm³/mol. The Morgan fingerprint density at radius 1 is 1.14 bits per heavy atom. The number of nitrogens with one attached hydrogen (secondary N) is 1. The Kier molecular flexibility index (Phi) is 3.00. The van der Waals surface area contributed by atoms with E-state index in [0.717, 1.165) is 34.4 Å². The van der Waals surface area contributed by atoms with Gasteiger partial charge in [0, 0.05) is 24.5 Å². The Morgan fingerprint density at radius 2 is 2.00 bits per heavy atom. The van der Waals surface area contributed by atoms with Crippen LogP contribution in [0, 0.1) is 11.9 Å². The second-order valence-electron chi connectivity index (χ2n) is 5.21. The molecular weight excluding hydrogens is 277 g/mol. The third kappa shape index (κ3) is 2.29. The van der Waals surface area contributed by atoms with Gasteiger partial charge in [-0.15, -0.1) is 0 Å². The minimum Gasteiger partial charge on any atom is -0.345 e. The van der Waals surface area contributed by atoms with Gasteiger partial charge < -0.3 is 9.55 Å². The molecule has 0 aliphatic rings. The number of hydrogen-bond acceptors (Lipinski definition) is 1. The summed E-state index contributed by atoms with van der Waals surface area (Å²) < 4.78 is 15.2. The molecule has 0 spiro atoms. The average molecular weight is 290 g/mol. The van der Waals surface area contributed by atoms with Crippen molar-refractivity contribution in [1.29, 1.82) is 0 Å². The first-order valence-corrected chi connectivity index (χ1v) is 7.04. The lowest BCUT2D eigenvalue weighted by Crippen LogP contribution is -2.00. The van der Waals surface area contributed by atoms with Gasteiger partial charge >= 0.3 is 0 Å². The van der Waals surface area contributed by atoms with E-state index in [1.165, 1.54) is 12.1 Å². The van der Waals surface area contributed by atoms with Crippen LogP contribution in [0.4, 0.5) is 4.39 Å². The Labute approximate surface area is 127 Å². The summed E-state index contributed by atoms with van der Waals surface area (Å²) in [6.45, 7) is 0.721. The van der Waals surface area contributed by atoms with Gasteiger partial charge in [-0.25, -0.2) is 9.37 Å². The lowest BCUT2D eigenvalue weighted by molar-refractivity contribution is 0.628. The van der Waals surface area contributed by atoms with Crippen LogP contribution < -0.4 is 0 Å². The minimum atomic E-state index is -0.227. The molecule has 4 aromatic rings. The zero-order chi connectivity index (χ0) is 14.9. The highest BCUT2D eigenvalue weighted by molar-refractivity contribution is 5.75. The standard InChI is InChI=1S/C18H13FN3/c19-15-6-4-14(5-7-15)18-2-1-9-22(18)11-13-3-8-16-17(10-13)21-12-20-16/h2-10,12H,11H2,(H,20,21). The average Bonchev–Trinajstić information content (AvgIpc) is 3.17. The van der Waals surface area contributed by atoms with Crippen molar-refractivity contribution in [3.05, 3.63) is 78.5 Å². The van der Waals surface area contributed by atoms with Gasteiger partial charge in [0.15, 0.2) is 0 Å². The molecule has 4 rings (SSSR count). The highest BCUT2D eigenvalue weighted by Gasteiger charge is 2.06. The Bertz CT molecular complexity index is 919. The Balaban J connectivity index is 1.68. The van der Waals surface area contributed by atoms with Crippen LogP contribution in [-0.4, -0.2) is 14.5 Å². The van der Waals surface area contributed by atoms with Gasteiger partial charge in [0.1, 0.15) is 5.82 Å². The number of fused-ring (bicyclic) bond motifs is 1. The fourth-order valence-electron chi connectivity index (χ4n) is 2.63. The molecule has 0 atom stereocenters. The van der Waals surface area contributed by atoms with Crippen molar-refractivity contribution >= 4 is 11.0 Å². The van der Waals surface area contributed by atoms with Gasteiger partial charge in [-0.3, -0.25) is 0 Å². The van der Waals surface area contributed by atoms with Crippen LogP contribution in [0.2, 0.25) is 0 Å². The van der Waals surface area contributed by atoms with Gasteiger partial charge in [0.05, 0.1) is 17.4 Å². The van der Waals surface area contributed by atoms with E-state index < -0.39 is 0 Å². The zero-order valence-electron chi connectivity index (χ0n) is 11.8. The second-order valence-corrected chi connectivity index (χ2v) is 5.21. The molecule has 0 saturated heterocycles. The number of imidazole rings is 1. The summed E-state index contributed by atoms with van der Waals surface area (Å²) in [7, 11) is 0. The normalized spacial score (nSPS) is 11.1. The topological polar surface area (TPSA) is 33.6 Å². The van der Waals surface area contributed by atoms with Gasteiger partial charge in [-0.05, 0) is 53.6 Å². The fraction of sp³-hybridized carbons (Fsp3) is 0.0556. The molecule has 2 aromatic heterocycles. The van der Waals surface area contributed by atoms with E-state index in [1.54, 1.807) is 18.5 Å². The summed E-state index contributed by atoms with van der Waals surface area (Å²) in [5, 5.41) is 0. The minimum absolute atomic E-state index is 0.227. The first-order chi connectivity index (χ1) is 10.8. The van der Waals surface area contributed by atoms with Crippen molar-refractivity contribution in [2.45, 2.75) is 6.54 Å². The number of hydrogen-bond donors (Lipinski definition) is 1. The van der Waals surface area contributed by atoms with Crippen LogP contribution >= 0.6 is 0 Å². The van der Waals surface area contributed by atoms with Crippen LogP contribution in [0.5, 0.6) is 0 Å². The van der Waals surface area contributed by atoms with E-state index in [4.69, 9.17) is 0 Å². The molecular formula is C18H13FN3. The van der Waals surface area contributed by atoms with E-state index in [1.807, 2.05) is 18.3 Å². The highest BCUT2D eigenvalue weighted by atomic mass is 19.1. The maximum atomic E-state index is 13.1. The van der Waals surface area contributed by atoms with Crippen molar-refractivity contribution in [3.8, 4) is 11.3 Å². The number of H-pyrrole nitrogens is 1. The summed E-state index contributed by atoms with van der Waals surface area (Å²) in [5.41, 5.74) is 5.14. The number of aromatic amines is 1. The third-order valence-corrected chi connectivity index (χ3v) is 3.74. The number of rotatable bonds is 3. The number of benzene rings is 2. The van der Waals surface area contributed by atoms with E-state index in [0.29, 0.717) is 0 Å². The third-order valence-electron chi connectivity index (χ3n) is 3.74. The molecule has 22 heavy (non-hydrogen) atoms. The molecule has 0 aliphatic heterocycles. The van der Waals surface area contributed by atoms with Crippen LogP contribution in [0.1, 0.15) is 5.56 Å². The molecule has 0 unspecified atom stereocenters. The summed E-state index contributed by atoms with van der Waals surface area (Å²) in [6.07, 6.45) is 3.61. The largest absolute Gasteiger partial charge is 0.345 e. The number of nitrogens with zero attached hydrogens (tertiary/aromatic N) is 2. The Hall–Kier alpha value is -2.88. The smallest absolute Gasteiger partial charge is 0.123 e. The van der Waals surface area contributed by atoms with E-state index in [9.17, 15) is 4.39 Å². The summed E-state index contributed by atoms with van der Waals surface area (Å²) in [4.78, 5) is 7.37. The Morgan fingerprint density at radius 3 is 2.86 bits per heavy atom. The first kappa shape index (κ1) is 12.8. The van der Waals surface area contributed by atoms with Crippen LogP contribution in [0.15, 0.2) is 61.1 Å². The molecule has 4 heteroatoms. The molecule has 3 nitrogen and oxygen atoms in total. The quantitative estimate of drug-likeness (QED) is 0.607. The van der Waals surface area contributed by atoms with Crippen molar-refractivity contribution < 1.29 is 4.39 Å². The lowest BCUT2D eigenvalue weighted by atomic mass is 10.1. The van der Waals surface area contributed by atoms with Crippen LogP contribution in [-0.2, 0) is 6.54 Å². The molecule has 107 valence electrons. The summed E-state index contributed by atoms with van der Waals surface area (Å²) in [6, 6.07) is 17.7. The molecule has 0 fully saturated rings. The maximum absolute atomic E-state index is 13.1. The molecule has 0 bridgehead atoms. The van der Waals surface area contributed by atoms with Crippen molar-refractivity contribution in [2.24, 2.45) is 0 Å². The van der Waals surface area contributed by atoms with E-state index in [2.05, 4.69) is 32.7 Å². The molecule has 2 aromatic carbocycles. The zero-order valence-corrected chi connectivity index (χ0v) is 11.8. The number of aromatic nitrogens is 3. The van der Waals surface area contributed by atoms with Gasteiger partial charge in [-0.2, -0.15) is 0 Å². The molecule has 0 amide bonds. The predicted octanol–water partition coefficient (Wildman–Crippen LogP) is 4.02. The highest BCUT2D eigenvalue weighted by Crippen LogP contribution is 2.22. The fourth-order valence-corrected chi connectivity index (χ4v) is 2.63. The molecule has 0 aliphatic carbocycles. The number of halogens is 1. The van der Waals surface area contributed by atoms with Gasteiger partial charge in [0.2, 0.25) is 0 Å². The summed E-state index contributed by atoms with van der Waals surface area (Å²) in [5.74, 6) is -0.227.